The quantitative estimate of drug-likeness (QED) is 0.446. The molecule has 2 heterocycles. The molecule has 3 aromatic rings. The van der Waals surface area contributed by atoms with Gasteiger partial charge in [-0.15, -0.1) is 0 Å². The number of Topliss-reactive ketones (excluding diaryl/α,β-unsaturated/α-hetero) is 1. The summed E-state index contributed by atoms with van der Waals surface area (Å²) in [7, 11) is 0. The number of piperazine rings is 1. The molecule has 1 saturated heterocycles. The Labute approximate surface area is 208 Å². The van der Waals surface area contributed by atoms with Gasteiger partial charge in [0.15, 0.2) is 5.78 Å². The highest BCUT2D eigenvalue weighted by Crippen LogP contribution is 2.33. The van der Waals surface area contributed by atoms with E-state index in [9.17, 15) is 9.59 Å². The Hall–Kier alpha value is -3.18. The summed E-state index contributed by atoms with van der Waals surface area (Å²) in [5, 5.41) is 0. The maximum absolute atomic E-state index is 13.2. The molecule has 0 spiro atoms. The van der Waals surface area contributed by atoms with Crippen LogP contribution in [0, 0.1) is 13.8 Å². The fourth-order valence-corrected chi connectivity index (χ4v) is 5.80. The van der Waals surface area contributed by atoms with Crippen molar-refractivity contribution in [2.75, 3.05) is 32.7 Å². The Morgan fingerprint density at radius 2 is 1.46 bits per heavy atom. The lowest BCUT2D eigenvalue weighted by atomic mass is 10.0. The lowest BCUT2D eigenvalue weighted by Crippen LogP contribution is -2.49. The summed E-state index contributed by atoms with van der Waals surface area (Å²) in [5.41, 5.74) is 6.16. The van der Waals surface area contributed by atoms with Gasteiger partial charge >= 0.3 is 0 Å². The van der Waals surface area contributed by atoms with Gasteiger partial charge in [0.2, 0.25) is 0 Å². The predicted molar refractivity (Wildman–Crippen MR) is 140 cm³/mol. The van der Waals surface area contributed by atoms with E-state index in [0.717, 1.165) is 35.5 Å². The van der Waals surface area contributed by atoms with Crippen molar-refractivity contribution in [2.24, 2.45) is 0 Å². The summed E-state index contributed by atoms with van der Waals surface area (Å²) < 4.78 is 2.39. The smallest absolute Gasteiger partial charge is 0.253 e. The summed E-state index contributed by atoms with van der Waals surface area (Å²) in [6, 6.07) is 20.7. The maximum atomic E-state index is 13.2. The first kappa shape index (κ1) is 23.6. The topological polar surface area (TPSA) is 45.6 Å². The highest BCUT2D eigenvalue weighted by atomic mass is 16.2. The van der Waals surface area contributed by atoms with E-state index in [4.69, 9.17) is 0 Å². The molecule has 0 radical (unpaired) electrons. The Morgan fingerprint density at radius 3 is 2.11 bits per heavy atom. The zero-order chi connectivity index (χ0) is 24.4. The van der Waals surface area contributed by atoms with Crippen molar-refractivity contribution >= 4 is 11.7 Å². The summed E-state index contributed by atoms with van der Waals surface area (Å²) in [5.74, 6) is 0.259. The van der Waals surface area contributed by atoms with Crippen LogP contribution in [-0.4, -0.2) is 58.8 Å². The number of hydrogen-bond acceptors (Lipinski definition) is 3. The molecule has 2 aromatic carbocycles. The second-order valence-corrected chi connectivity index (χ2v) is 10.0. The van der Waals surface area contributed by atoms with Gasteiger partial charge in [-0.05, 0) is 56.0 Å². The Bertz CT molecular complexity index is 1180. The number of aryl methyl sites for hydroxylation is 1. The van der Waals surface area contributed by atoms with Crippen LogP contribution in [0.15, 0.2) is 60.7 Å². The minimum atomic E-state index is 0.0655. The molecule has 1 aliphatic heterocycles. The third kappa shape index (κ3) is 4.96. The fraction of sp³-hybridized carbons (Fsp3) is 0.400. The summed E-state index contributed by atoms with van der Waals surface area (Å²) in [6.07, 6.45) is 5.00. The molecule has 1 aromatic heterocycles. The lowest BCUT2D eigenvalue weighted by Gasteiger charge is -2.34. The second-order valence-electron chi connectivity index (χ2n) is 10.0. The molecule has 5 nitrogen and oxygen atoms in total. The van der Waals surface area contributed by atoms with Crippen molar-refractivity contribution in [3.63, 3.8) is 0 Å². The average molecular weight is 470 g/mol. The molecule has 5 heteroatoms. The minimum Gasteiger partial charge on any atom is -0.345 e. The molecule has 0 N–H and O–H groups in total. The van der Waals surface area contributed by atoms with E-state index in [0.29, 0.717) is 31.2 Å². The highest BCUT2D eigenvalue weighted by molar-refractivity contribution is 5.99. The summed E-state index contributed by atoms with van der Waals surface area (Å²) in [4.78, 5) is 30.3. The van der Waals surface area contributed by atoms with Crippen molar-refractivity contribution in [2.45, 2.75) is 45.6 Å². The minimum absolute atomic E-state index is 0.0655. The molecule has 1 aliphatic carbocycles. The first-order valence-electron chi connectivity index (χ1n) is 12.9. The van der Waals surface area contributed by atoms with E-state index < -0.39 is 0 Å². The average Bonchev–Trinajstić information content (AvgIpc) is 3.52. The van der Waals surface area contributed by atoms with Crippen LogP contribution in [0.1, 0.15) is 63.8 Å². The third-order valence-corrected chi connectivity index (χ3v) is 7.74. The van der Waals surface area contributed by atoms with Crippen LogP contribution in [0.5, 0.6) is 0 Å². The third-order valence-electron chi connectivity index (χ3n) is 7.74. The largest absolute Gasteiger partial charge is 0.345 e. The van der Waals surface area contributed by atoms with Crippen molar-refractivity contribution in [1.29, 1.82) is 0 Å². The second kappa shape index (κ2) is 10.2. The number of nitrogens with zero attached hydrogens (tertiary/aromatic N) is 3. The Balaban J connectivity index is 1.17. The van der Waals surface area contributed by atoms with Gasteiger partial charge < -0.3 is 9.47 Å². The number of hydrogen-bond donors (Lipinski definition) is 0. The van der Waals surface area contributed by atoms with E-state index in [2.05, 4.69) is 41.5 Å². The molecular formula is C30H35N3O2. The van der Waals surface area contributed by atoms with Gasteiger partial charge in [-0.3, -0.25) is 14.5 Å². The summed E-state index contributed by atoms with van der Waals surface area (Å²) >= 11 is 0. The van der Waals surface area contributed by atoms with Crippen molar-refractivity contribution in [1.82, 2.24) is 14.4 Å². The molecule has 2 fully saturated rings. The molecule has 0 bridgehead atoms. The number of amides is 1. The van der Waals surface area contributed by atoms with Crippen LogP contribution in [0.25, 0.3) is 11.1 Å². The first-order chi connectivity index (χ1) is 17.0. The van der Waals surface area contributed by atoms with Crippen LogP contribution in [0.4, 0.5) is 0 Å². The van der Waals surface area contributed by atoms with Crippen molar-refractivity contribution in [3.05, 3.63) is 83.2 Å². The Morgan fingerprint density at radius 1 is 0.829 bits per heavy atom. The number of carbonyl (C=O) groups excluding carboxylic acids is 2. The zero-order valence-corrected chi connectivity index (χ0v) is 20.9. The normalized spacial score (nSPS) is 17.1. The van der Waals surface area contributed by atoms with Crippen LogP contribution in [-0.2, 0) is 0 Å². The monoisotopic (exact) mass is 469 g/mol. The number of aromatic nitrogens is 1. The van der Waals surface area contributed by atoms with E-state index in [1.54, 1.807) is 0 Å². The predicted octanol–water partition coefficient (Wildman–Crippen LogP) is 5.53. The zero-order valence-electron chi connectivity index (χ0n) is 20.9. The molecule has 35 heavy (non-hydrogen) atoms. The van der Waals surface area contributed by atoms with Crippen LogP contribution >= 0.6 is 0 Å². The van der Waals surface area contributed by atoms with E-state index in [1.807, 2.05) is 47.4 Å². The van der Waals surface area contributed by atoms with Crippen LogP contribution in [0.3, 0.4) is 0 Å². The fourth-order valence-electron chi connectivity index (χ4n) is 5.80. The molecular weight excluding hydrogens is 434 g/mol. The van der Waals surface area contributed by atoms with Crippen LogP contribution in [0.2, 0.25) is 0 Å². The van der Waals surface area contributed by atoms with Gasteiger partial charge in [0.1, 0.15) is 0 Å². The number of benzene rings is 2. The van der Waals surface area contributed by atoms with Gasteiger partial charge in [-0.2, -0.15) is 0 Å². The molecule has 0 unspecified atom stereocenters. The van der Waals surface area contributed by atoms with Gasteiger partial charge in [-0.1, -0.05) is 55.3 Å². The summed E-state index contributed by atoms with van der Waals surface area (Å²) in [6.45, 7) is 7.38. The van der Waals surface area contributed by atoms with Gasteiger partial charge in [0, 0.05) is 54.7 Å². The van der Waals surface area contributed by atoms with Crippen molar-refractivity contribution < 1.29 is 9.59 Å². The van der Waals surface area contributed by atoms with Gasteiger partial charge in [0.25, 0.3) is 5.91 Å². The lowest BCUT2D eigenvalue weighted by molar-refractivity contribution is 0.0624. The van der Waals surface area contributed by atoms with Crippen molar-refractivity contribution in [3.8, 4) is 11.1 Å². The molecule has 5 rings (SSSR count). The SMILES string of the molecule is Cc1cc(C(=O)CN2CCN(C(=O)c3ccc(-c4ccccc4)cc3)CC2)c(C)n1C1CCCC1. The van der Waals surface area contributed by atoms with Gasteiger partial charge in [0.05, 0.1) is 6.54 Å². The molecule has 0 atom stereocenters. The van der Waals surface area contributed by atoms with Gasteiger partial charge in [-0.25, -0.2) is 0 Å². The first-order valence-corrected chi connectivity index (χ1v) is 12.9. The number of carbonyl (C=O) groups is 2. The molecule has 182 valence electrons. The van der Waals surface area contributed by atoms with E-state index in [1.165, 1.54) is 31.4 Å². The maximum Gasteiger partial charge on any atom is 0.253 e. The molecule has 1 amide bonds. The number of ketones is 1. The molecule has 2 aliphatic rings. The highest BCUT2D eigenvalue weighted by Gasteiger charge is 2.27. The number of rotatable bonds is 6. The van der Waals surface area contributed by atoms with E-state index in [-0.39, 0.29) is 11.7 Å². The standard InChI is InChI=1S/C30H35N3O2/c1-22-20-28(23(2)33(22)27-10-6-7-11-27)29(34)21-31-16-18-32(19-17-31)30(35)26-14-12-25(13-15-26)24-8-4-3-5-9-24/h3-5,8-9,12-15,20,27H,6-7,10-11,16-19,21H2,1-2H3. The van der Waals surface area contributed by atoms with Crippen LogP contribution < -0.4 is 0 Å². The molecule has 1 saturated carbocycles. The Kier molecular flexibility index (Phi) is 6.87. The van der Waals surface area contributed by atoms with E-state index >= 15 is 0 Å².